The Bertz CT molecular complexity index is 777. The van der Waals surface area contributed by atoms with Gasteiger partial charge in [0.2, 0.25) is 5.89 Å². The standard InChI is InChI=1S/C16H12FNO2/c17-13-4-2-1-3-12(13)6-8-16-18-14-7-5-11(10-19)9-15(14)20-16/h1-9,19H,10H2/b8-6+. The Morgan fingerprint density at radius 2 is 2.00 bits per heavy atom. The van der Waals surface area contributed by atoms with E-state index in [0.717, 1.165) is 5.56 Å². The molecule has 20 heavy (non-hydrogen) atoms. The fourth-order valence-electron chi connectivity index (χ4n) is 1.93. The zero-order valence-electron chi connectivity index (χ0n) is 10.6. The van der Waals surface area contributed by atoms with Gasteiger partial charge in [0.05, 0.1) is 6.61 Å². The molecule has 0 aliphatic heterocycles. The largest absolute Gasteiger partial charge is 0.437 e. The minimum Gasteiger partial charge on any atom is -0.437 e. The van der Waals surface area contributed by atoms with Crippen LogP contribution in [0.4, 0.5) is 4.39 Å². The maximum Gasteiger partial charge on any atom is 0.220 e. The summed E-state index contributed by atoms with van der Waals surface area (Å²) < 4.78 is 19.0. The lowest BCUT2D eigenvalue weighted by Gasteiger charge is -1.93. The molecule has 1 heterocycles. The summed E-state index contributed by atoms with van der Waals surface area (Å²) in [4.78, 5) is 4.28. The molecule has 2 aromatic carbocycles. The van der Waals surface area contributed by atoms with Gasteiger partial charge >= 0.3 is 0 Å². The van der Waals surface area contributed by atoms with Gasteiger partial charge in [0, 0.05) is 11.6 Å². The zero-order chi connectivity index (χ0) is 13.9. The van der Waals surface area contributed by atoms with Gasteiger partial charge in [-0.25, -0.2) is 9.37 Å². The first kappa shape index (κ1) is 12.6. The molecule has 0 amide bonds. The first-order valence-corrected chi connectivity index (χ1v) is 6.19. The third kappa shape index (κ3) is 2.46. The number of rotatable bonds is 3. The van der Waals surface area contributed by atoms with Crippen molar-refractivity contribution in [3.8, 4) is 0 Å². The number of hydrogen-bond acceptors (Lipinski definition) is 3. The second kappa shape index (κ2) is 5.27. The van der Waals surface area contributed by atoms with E-state index in [4.69, 9.17) is 9.52 Å². The molecule has 0 spiro atoms. The third-order valence-corrected chi connectivity index (χ3v) is 2.96. The normalized spacial score (nSPS) is 11.5. The van der Waals surface area contributed by atoms with Gasteiger partial charge in [-0.3, -0.25) is 0 Å². The summed E-state index contributed by atoms with van der Waals surface area (Å²) in [5.41, 5.74) is 2.55. The van der Waals surface area contributed by atoms with E-state index in [1.54, 1.807) is 48.6 Å². The van der Waals surface area contributed by atoms with E-state index >= 15 is 0 Å². The number of hydrogen-bond donors (Lipinski definition) is 1. The number of fused-ring (bicyclic) bond motifs is 1. The molecule has 0 saturated carbocycles. The van der Waals surface area contributed by atoms with Crippen molar-refractivity contribution in [3.63, 3.8) is 0 Å². The highest BCUT2D eigenvalue weighted by Gasteiger charge is 2.04. The highest BCUT2D eigenvalue weighted by molar-refractivity contribution is 5.76. The van der Waals surface area contributed by atoms with Crippen molar-refractivity contribution in [2.45, 2.75) is 6.61 Å². The van der Waals surface area contributed by atoms with Crippen LogP contribution in [0, 0.1) is 5.82 Å². The third-order valence-electron chi connectivity index (χ3n) is 2.96. The first-order chi connectivity index (χ1) is 9.76. The fraction of sp³-hybridized carbons (Fsp3) is 0.0625. The van der Waals surface area contributed by atoms with Crippen LogP contribution in [0.5, 0.6) is 0 Å². The van der Waals surface area contributed by atoms with Crippen LogP contribution in [0.3, 0.4) is 0 Å². The molecule has 3 aromatic rings. The van der Waals surface area contributed by atoms with Crippen LogP contribution >= 0.6 is 0 Å². The monoisotopic (exact) mass is 269 g/mol. The number of oxazole rings is 1. The number of nitrogens with zero attached hydrogens (tertiary/aromatic N) is 1. The van der Waals surface area contributed by atoms with Gasteiger partial charge in [0.25, 0.3) is 0 Å². The number of benzene rings is 2. The smallest absolute Gasteiger partial charge is 0.220 e. The van der Waals surface area contributed by atoms with Crippen molar-refractivity contribution in [1.29, 1.82) is 0 Å². The molecule has 0 fully saturated rings. The predicted molar refractivity (Wildman–Crippen MR) is 75.3 cm³/mol. The first-order valence-electron chi connectivity index (χ1n) is 6.19. The molecule has 0 atom stereocenters. The van der Waals surface area contributed by atoms with Crippen molar-refractivity contribution in [1.82, 2.24) is 4.98 Å². The molecule has 0 radical (unpaired) electrons. The molecule has 0 unspecified atom stereocenters. The topological polar surface area (TPSA) is 46.3 Å². The molecular formula is C16H12FNO2. The van der Waals surface area contributed by atoms with E-state index in [9.17, 15) is 4.39 Å². The van der Waals surface area contributed by atoms with Gasteiger partial charge in [0.1, 0.15) is 11.3 Å². The molecule has 1 N–H and O–H groups in total. The summed E-state index contributed by atoms with van der Waals surface area (Å²) in [6, 6.07) is 11.8. The van der Waals surface area contributed by atoms with Gasteiger partial charge in [-0.2, -0.15) is 0 Å². The Kier molecular flexibility index (Phi) is 3.31. The fourth-order valence-corrected chi connectivity index (χ4v) is 1.93. The quantitative estimate of drug-likeness (QED) is 0.789. The molecule has 3 nitrogen and oxygen atoms in total. The van der Waals surface area contributed by atoms with E-state index < -0.39 is 0 Å². The zero-order valence-corrected chi connectivity index (χ0v) is 10.6. The van der Waals surface area contributed by atoms with Gasteiger partial charge in [-0.15, -0.1) is 0 Å². The van der Waals surface area contributed by atoms with E-state index in [-0.39, 0.29) is 12.4 Å². The summed E-state index contributed by atoms with van der Waals surface area (Å²) >= 11 is 0. The number of halogens is 1. The lowest BCUT2D eigenvalue weighted by Crippen LogP contribution is -1.80. The summed E-state index contributed by atoms with van der Waals surface area (Å²) in [6.45, 7) is -0.0446. The van der Waals surface area contributed by atoms with Crippen molar-refractivity contribution < 1.29 is 13.9 Å². The van der Waals surface area contributed by atoms with Crippen LogP contribution in [0.2, 0.25) is 0 Å². The molecule has 0 bridgehead atoms. The number of aliphatic hydroxyl groups is 1. The summed E-state index contributed by atoms with van der Waals surface area (Å²) in [6.07, 6.45) is 3.24. The summed E-state index contributed by atoms with van der Waals surface area (Å²) in [5, 5.41) is 9.07. The van der Waals surface area contributed by atoms with Crippen molar-refractivity contribution >= 4 is 23.3 Å². The van der Waals surface area contributed by atoms with E-state index in [1.807, 2.05) is 0 Å². The number of aromatic nitrogens is 1. The van der Waals surface area contributed by atoms with E-state index in [2.05, 4.69) is 4.98 Å². The maximum absolute atomic E-state index is 13.5. The second-order valence-corrected chi connectivity index (χ2v) is 4.37. The highest BCUT2D eigenvalue weighted by atomic mass is 19.1. The van der Waals surface area contributed by atoms with Crippen LogP contribution in [-0.2, 0) is 6.61 Å². The SMILES string of the molecule is OCc1ccc2nc(/C=C/c3ccccc3F)oc2c1. The van der Waals surface area contributed by atoms with Gasteiger partial charge in [-0.1, -0.05) is 24.3 Å². The molecule has 0 saturated heterocycles. The average Bonchev–Trinajstić information content (AvgIpc) is 2.88. The van der Waals surface area contributed by atoms with Crippen molar-refractivity contribution in [2.24, 2.45) is 0 Å². The van der Waals surface area contributed by atoms with Gasteiger partial charge in [-0.05, 0) is 29.8 Å². The van der Waals surface area contributed by atoms with Crippen molar-refractivity contribution in [3.05, 3.63) is 65.3 Å². The Hall–Kier alpha value is -2.46. The van der Waals surface area contributed by atoms with Crippen LogP contribution in [0.15, 0.2) is 46.9 Å². The van der Waals surface area contributed by atoms with E-state index in [0.29, 0.717) is 22.6 Å². The van der Waals surface area contributed by atoms with Crippen LogP contribution < -0.4 is 0 Å². The van der Waals surface area contributed by atoms with Crippen LogP contribution in [0.1, 0.15) is 17.0 Å². The Morgan fingerprint density at radius 1 is 1.15 bits per heavy atom. The minimum atomic E-state index is -0.289. The predicted octanol–water partition coefficient (Wildman–Crippen LogP) is 3.63. The van der Waals surface area contributed by atoms with Crippen molar-refractivity contribution in [2.75, 3.05) is 0 Å². The van der Waals surface area contributed by atoms with Crippen LogP contribution in [-0.4, -0.2) is 10.1 Å². The van der Waals surface area contributed by atoms with Gasteiger partial charge in [0.15, 0.2) is 5.58 Å². The Labute approximate surface area is 115 Å². The summed E-state index contributed by atoms with van der Waals surface area (Å²) in [7, 11) is 0. The molecular weight excluding hydrogens is 257 g/mol. The van der Waals surface area contributed by atoms with Crippen LogP contribution in [0.25, 0.3) is 23.3 Å². The molecule has 0 aliphatic carbocycles. The molecule has 0 aliphatic rings. The molecule has 1 aromatic heterocycles. The Balaban J connectivity index is 1.93. The highest BCUT2D eigenvalue weighted by Crippen LogP contribution is 2.19. The minimum absolute atomic E-state index is 0.0446. The molecule has 4 heteroatoms. The molecule has 100 valence electrons. The summed E-state index contributed by atoms with van der Waals surface area (Å²) in [5.74, 6) is 0.112. The number of aliphatic hydroxyl groups excluding tert-OH is 1. The maximum atomic E-state index is 13.5. The molecule has 3 rings (SSSR count). The van der Waals surface area contributed by atoms with E-state index in [1.165, 1.54) is 6.07 Å². The lowest BCUT2D eigenvalue weighted by molar-refractivity contribution is 0.282. The Morgan fingerprint density at radius 3 is 2.80 bits per heavy atom. The van der Waals surface area contributed by atoms with Gasteiger partial charge < -0.3 is 9.52 Å². The average molecular weight is 269 g/mol. The lowest BCUT2D eigenvalue weighted by atomic mass is 10.2. The second-order valence-electron chi connectivity index (χ2n) is 4.37.